The van der Waals surface area contributed by atoms with E-state index in [9.17, 15) is 4.79 Å². The van der Waals surface area contributed by atoms with Crippen LogP contribution in [0.4, 0.5) is 0 Å². The van der Waals surface area contributed by atoms with Crippen molar-refractivity contribution in [3.63, 3.8) is 0 Å². The zero-order chi connectivity index (χ0) is 13.7. The molecule has 0 N–H and O–H groups in total. The third kappa shape index (κ3) is 3.68. The minimum atomic E-state index is -0.312. The summed E-state index contributed by atoms with van der Waals surface area (Å²) in [7, 11) is 0. The number of nitrogens with zero attached hydrogens (tertiary/aromatic N) is 1. The van der Waals surface area contributed by atoms with E-state index in [1.165, 1.54) is 0 Å². The van der Waals surface area contributed by atoms with Crippen molar-refractivity contribution < 1.29 is 9.53 Å². The average molecular weight is 251 g/mol. The number of rotatable bonds is 3. The molecule has 0 amide bonds. The minimum Gasteiger partial charge on any atom is -0.426 e. The fourth-order valence-corrected chi connectivity index (χ4v) is 1.64. The smallest absolute Gasteiger partial charge is 0.315 e. The number of aryl methyl sites for hydroxylation is 1. The van der Waals surface area contributed by atoms with Crippen LogP contribution in [0.5, 0.6) is 5.75 Å². The second kappa shape index (κ2) is 5.83. The molecule has 0 spiro atoms. The maximum atomic E-state index is 11.7. The number of hydrogen-bond donors (Lipinski definition) is 0. The molecule has 0 atom stereocenters. The van der Waals surface area contributed by atoms with Gasteiger partial charge in [-0.15, -0.1) is 0 Å². The number of benzene rings is 2. The van der Waals surface area contributed by atoms with Gasteiger partial charge in [0.2, 0.25) is 0 Å². The van der Waals surface area contributed by atoms with Gasteiger partial charge in [-0.05, 0) is 36.8 Å². The van der Waals surface area contributed by atoms with E-state index in [2.05, 4.69) is 0 Å². The number of esters is 1. The van der Waals surface area contributed by atoms with Gasteiger partial charge in [0, 0.05) is 0 Å². The largest absolute Gasteiger partial charge is 0.426 e. The lowest BCUT2D eigenvalue weighted by atomic mass is 10.1. The summed E-state index contributed by atoms with van der Waals surface area (Å²) in [6.45, 7) is 2.00. The highest BCUT2D eigenvalue weighted by atomic mass is 16.5. The zero-order valence-corrected chi connectivity index (χ0v) is 10.6. The quantitative estimate of drug-likeness (QED) is 0.622. The zero-order valence-electron chi connectivity index (χ0n) is 10.6. The predicted octanol–water partition coefficient (Wildman–Crippen LogP) is 3.01. The van der Waals surface area contributed by atoms with Crippen LogP contribution in [0.3, 0.4) is 0 Å². The minimum absolute atomic E-state index is 0.236. The Kier molecular flexibility index (Phi) is 3.94. The summed E-state index contributed by atoms with van der Waals surface area (Å²) < 4.78 is 5.20. The van der Waals surface area contributed by atoms with Crippen molar-refractivity contribution >= 4 is 5.97 Å². The summed E-state index contributed by atoms with van der Waals surface area (Å²) in [5.74, 6) is 0.143. The van der Waals surface area contributed by atoms with Gasteiger partial charge in [0.1, 0.15) is 5.75 Å². The van der Waals surface area contributed by atoms with Gasteiger partial charge in [0.25, 0.3) is 0 Å². The third-order valence-corrected chi connectivity index (χ3v) is 2.68. The molecule has 0 unspecified atom stereocenters. The highest BCUT2D eigenvalue weighted by molar-refractivity contribution is 5.75. The molecule has 0 aliphatic rings. The van der Waals surface area contributed by atoms with Crippen molar-refractivity contribution in [1.82, 2.24) is 0 Å². The molecule has 0 bridgehead atoms. The van der Waals surface area contributed by atoms with Crippen molar-refractivity contribution in [3.8, 4) is 11.8 Å². The molecule has 0 fully saturated rings. The fraction of sp³-hybridized carbons (Fsp3) is 0.125. The molecule has 0 aliphatic heterocycles. The molecule has 0 aromatic heterocycles. The Morgan fingerprint density at radius 2 is 1.74 bits per heavy atom. The molecule has 0 heterocycles. The Hall–Kier alpha value is -2.60. The third-order valence-electron chi connectivity index (χ3n) is 2.68. The van der Waals surface area contributed by atoms with Crippen molar-refractivity contribution in [1.29, 1.82) is 5.26 Å². The van der Waals surface area contributed by atoms with Gasteiger partial charge in [-0.25, -0.2) is 0 Å². The van der Waals surface area contributed by atoms with Gasteiger partial charge in [0.15, 0.2) is 0 Å². The molecule has 0 saturated heterocycles. The second-order valence-electron chi connectivity index (χ2n) is 4.27. The van der Waals surface area contributed by atoms with Crippen molar-refractivity contribution in [2.24, 2.45) is 0 Å². The van der Waals surface area contributed by atoms with Gasteiger partial charge in [-0.2, -0.15) is 5.26 Å². The molecule has 2 rings (SSSR count). The molecule has 0 aliphatic carbocycles. The van der Waals surface area contributed by atoms with Gasteiger partial charge < -0.3 is 4.74 Å². The number of hydrogen-bond acceptors (Lipinski definition) is 3. The number of carbonyl (C=O) groups excluding carboxylic acids is 1. The van der Waals surface area contributed by atoms with Crippen LogP contribution in [0.1, 0.15) is 16.7 Å². The lowest BCUT2D eigenvalue weighted by Gasteiger charge is -2.04. The summed E-state index contributed by atoms with van der Waals surface area (Å²) in [4.78, 5) is 11.7. The first-order chi connectivity index (χ1) is 9.17. The van der Waals surface area contributed by atoms with Crippen LogP contribution in [0.25, 0.3) is 0 Å². The van der Waals surface area contributed by atoms with Crippen molar-refractivity contribution in [2.45, 2.75) is 13.3 Å². The van der Waals surface area contributed by atoms with E-state index in [4.69, 9.17) is 10.00 Å². The van der Waals surface area contributed by atoms with Gasteiger partial charge in [0.05, 0.1) is 18.1 Å². The monoisotopic (exact) mass is 251 g/mol. The lowest BCUT2D eigenvalue weighted by molar-refractivity contribution is -0.133. The summed E-state index contributed by atoms with van der Waals surface area (Å²) in [6.07, 6.45) is 0.236. The van der Waals surface area contributed by atoms with E-state index in [1.54, 1.807) is 24.3 Å². The molecule has 94 valence electrons. The van der Waals surface area contributed by atoms with Crippen LogP contribution in [0.15, 0.2) is 48.5 Å². The Morgan fingerprint density at radius 1 is 1.11 bits per heavy atom. The molecule has 2 aromatic rings. The van der Waals surface area contributed by atoms with Gasteiger partial charge >= 0.3 is 5.97 Å². The van der Waals surface area contributed by atoms with E-state index in [0.717, 1.165) is 11.1 Å². The van der Waals surface area contributed by atoms with Crippen molar-refractivity contribution in [3.05, 3.63) is 65.2 Å². The number of nitriles is 1. The van der Waals surface area contributed by atoms with Crippen LogP contribution in [-0.4, -0.2) is 5.97 Å². The average Bonchev–Trinajstić information content (AvgIpc) is 2.42. The summed E-state index contributed by atoms with van der Waals surface area (Å²) >= 11 is 0. The van der Waals surface area contributed by atoms with Crippen LogP contribution in [0, 0.1) is 18.3 Å². The van der Waals surface area contributed by atoms with E-state index in [0.29, 0.717) is 11.3 Å². The Morgan fingerprint density at radius 3 is 2.32 bits per heavy atom. The van der Waals surface area contributed by atoms with E-state index < -0.39 is 0 Å². The molecule has 2 aromatic carbocycles. The maximum absolute atomic E-state index is 11.7. The van der Waals surface area contributed by atoms with Crippen molar-refractivity contribution in [2.75, 3.05) is 0 Å². The topological polar surface area (TPSA) is 50.1 Å². The summed E-state index contributed by atoms with van der Waals surface area (Å²) in [6, 6.07) is 16.2. The Balaban J connectivity index is 1.97. The molecule has 3 nitrogen and oxygen atoms in total. The first-order valence-corrected chi connectivity index (χ1v) is 5.94. The molecule has 0 saturated carbocycles. The van der Waals surface area contributed by atoms with Crippen LogP contribution in [-0.2, 0) is 11.2 Å². The molecule has 0 radical (unpaired) electrons. The number of ether oxygens (including phenoxy) is 1. The highest BCUT2D eigenvalue weighted by Crippen LogP contribution is 2.13. The SMILES string of the molecule is Cc1ccc(CC(=O)Oc2ccc(C#N)cc2)cc1. The summed E-state index contributed by atoms with van der Waals surface area (Å²) in [5, 5.41) is 8.67. The van der Waals surface area contributed by atoms with Crippen LogP contribution < -0.4 is 4.74 Å². The van der Waals surface area contributed by atoms with E-state index in [1.807, 2.05) is 37.3 Å². The predicted molar refractivity (Wildman–Crippen MR) is 71.7 cm³/mol. The first-order valence-electron chi connectivity index (χ1n) is 5.94. The van der Waals surface area contributed by atoms with E-state index in [-0.39, 0.29) is 12.4 Å². The first kappa shape index (κ1) is 12.8. The van der Waals surface area contributed by atoms with Gasteiger partial charge in [-0.3, -0.25) is 4.79 Å². The summed E-state index contributed by atoms with van der Waals surface area (Å²) in [5.41, 5.74) is 2.62. The Bertz CT molecular complexity index is 607. The second-order valence-corrected chi connectivity index (χ2v) is 4.27. The normalized spacial score (nSPS) is 9.68. The van der Waals surface area contributed by atoms with Crippen LogP contribution >= 0.6 is 0 Å². The van der Waals surface area contributed by atoms with Gasteiger partial charge in [-0.1, -0.05) is 29.8 Å². The molecule has 19 heavy (non-hydrogen) atoms. The maximum Gasteiger partial charge on any atom is 0.315 e. The van der Waals surface area contributed by atoms with Crippen LogP contribution in [0.2, 0.25) is 0 Å². The molecular weight excluding hydrogens is 238 g/mol. The molecule has 3 heteroatoms. The molecular formula is C16H13NO2. The Labute approximate surface area is 112 Å². The number of carbonyl (C=O) groups is 1. The highest BCUT2D eigenvalue weighted by Gasteiger charge is 2.06. The fourth-order valence-electron chi connectivity index (χ4n) is 1.64. The van der Waals surface area contributed by atoms with E-state index >= 15 is 0 Å². The lowest BCUT2D eigenvalue weighted by Crippen LogP contribution is -2.11. The standard InChI is InChI=1S/C16H13NO2/c1-12-2-4-13(5-3-12)10-16(18)19-15-8-6-14(11-17)7-9-15/h2-9H,10H2,1H3.